The summed E-state index contributed by atoms with van der Waals surface area (Å²) in [5, 5.41) is 5.18. The molecule has 8 heteroatoms. The van der Waals surface area contributed by atoms with E-state index in [-0.39, 0.29) is 12.0 Å². The lowest BCUT2D eigenvalue weighted by Gasteiger charge is -2.34. The molecule has 1 amide bonds. The van der Waals surface area contributed by atoms with Crippen molar-refractivity contribution < 1.29 is 9.53 Å². The number of H-pyrrole nitrogens is 1. The number of benzene rings is 1. The molecule has 35 heavy (non-hydrogen) atoms. The quantitative estimate of drug-likeness (QED) is 0.428. The first-order valence-corrected chi connectivity index (χ1v) is 12.9. The zero-order chi connectivity index (χ0) is 24.2. The molecular weight excluding hydrogens is 462 g/mol. The fraction of sp³-hybridized carbons (Fsp3) is 0.444. The van der Waals surface area contributed by atoms with E-state index in [0.717, 1.165) is 74.0 Å². The van der Waals surface area contributed by atoms with Gasteiger partial charge in [-0.3, -0.25) is 4.79 Å². The van der Waals surface area contributed by atoms with E-state index >= 15 is 0 Å². The summed E-state index contributed by atoms with van der Waals surface area (Å²) in [5.41, 5.74) is 2.77. The van der Waals surface area contributed by atoms with Crippen LogP contribution in [0.5, 0.6) is 0 Å². The molecule has 0 unspecified atom stereocenters. The lowest BCUT2D eigenvalue weighted by atomic mass is 9.86. The van der Waals surface area contributed by atoms with Crippen molar-refractivity contribution in [1.29, 1.82) is 0 Å². The number of halogens is 1. The summed E-state index contributed by atoms with van der Waals surface area (Å²) < 4.78 is 6.26. The summed E-state index contributed by atoms with van der Waals surface area (Å²) in [5.74, 6) is 1.14. The Balaban J connectivity index is 1.17. The lowest BCUT2D eigenvalue weighted by molar-refractivity contribution is -0.128. The summed E-state index contributed by atoms with van der Waals surface area (Å²) in [4.78, 5) is 26.2. The summed E-state index contributed by atoms with van der Waals surface area (Å²) in [6.07, 6.45) is 11.5. The third-order valence-corrected chi connectivity index (χ3v) is 7.48. The minimum atomic E-state index is 0.0157. The highest BCUT2D eigenvalue weighted by molar-refractivity contribution is 6.33. The van der Waals surface area contributed by atoms with Gasteiger partial charge in [0.05, 0.1) is 23.0 Å². The van der Waals surface area contributed by atoms with Crippen LogP contribution in [0.15, 0.2) is 49.3 Å². The van der Waals surface area contributed by atoms with Gasteiger partial charge in [0.25, 0.3) is 0 Å². The number of carbonyl (C=O) groups excluding carboxylic acids is 1. The number of rotatable bonds is 7. The predicted octanol–water partition coefficient (Wildman–Crippen LogP) is 5.44. The molecule has 5 rings (SSSR count). The highest BCUT2D eigenvalue weighted by Crippen LogP contribution is 2.33. The number of carbonyl (C=O) groups is 1. The molecular formula is C27H32ClN5O2. The van der Waals surface area contributed by atoms with Gasteiger partial charge >= 0.3 is 0 Å². The van der Waals surface area contributed by atoms with Crippen molar-refractivity contribution in [2.75, 3.05) is 25.0 Å². The van der Waals surface area contributed by atoms with Gasteiger partial charge in [-0.1, -0.05) is 42.8 Å². The first kappa shape index (κ1) is 23.8. The van der Waals surface area contributed by atoms with Crippen molar-refractivity contribution in [2.45, 2.75) is 50.7 Å². The van der Waals surface area contributed by atoms with Gasteiger partial charge in [-0.2, -0.15) is 0 Å². The molecule has 0 spiro atoms. The van der Waals surface area contributed by atoms with Gasteiger partial charge < -0.3 is 19.9 Å². The Morgan fingerprint density at radius 1 is 1.26 bits per heavy atom. The zero-order valence-corrected chi connectivity index (χ0v) is 20.6. The van der Waals surface area contributed by atoms with Gasteiger partial charge in [0.1, 0.15) is 0 Å². The van der Waals surface area contributed by atoms with Crippen LogP contribution < -0.4 is 5.32 Å². The highest BCUT2D eigenvalue weighted by atomic mass is 35.5. The van der Waals surface area contributed by atoms with E-state index in [1.165, 1.54) is 12.5 Å². The third kappa shape index (κ3) is 5.52. The number of nitrogens with zero attached hydrogens (tertiary/aromatic N) is 3. The van der Waals surface area contributed by atoms with Crippen LogP contribution in [0.4, 0.5) is 5.95 Å². The summed E-state index contributed by atoms with van der Waals surface area (Å²) >= 11 is 6.49. The molecule has 1 aliphatic carbocycles. The second-order valence-corrected chi connectivity index (χ2v) is 9.98. The van der Waals surface area contributed by atoms with Crippen LogP contribution in [-0.2, 0) is 9.53 Å². The van der Waals surface area contributed by atoms with Gasteiger partial charge in [0.15, 0.2) is 0 Å². The van der Waals surface area contributed by atoms with Crippen molar-refractivity contribution in [3.63, 3.8) is 0 Å². The molecule has 1 aliphatic heterocycles. The fourth-order valence-corrected chi connectivity index (χ4v) is 5.49. The van der Waals surface area contributed by atoms with Gasteiger partial charge in [-0.05, 0) is 50.2 Å². The minimum Gasteiger partial charge on any atom is -0.378 e. The molecule has 184 valence electrons. The maximum atomic E-state index is 11.8. The molecule has 3 aromatic rings. The number of ether oxygens (including phenoxy) is 1. The Kier molecular flexibility index (Phi) is 7.35. The number of aromatic nitrogens is 3. The topological polar surface area (TPSA) is 83.1 Å². The minimum absolute atomic E-state index is 0.0157. The largest absolute Gasteiger partial charge is 0.378 e. The van der Waals surface area contributed by atoms with Gasteiger partial charge in [-0.25, -0.2) is 9.97 Å². The maximum absolute atomic E-state index is 11.8. The molecule has 0 radical (unpaired) electrons. The zero-order valence-electron chi connectivity index (χ0n) is 19.9. The molecule has 2 aliphatic rings. The molecule has 2 aromatic heterocycles. The lowest BCUT2D eigenvalue weighted by Crippen LogP contribution is -2.40. The second-order valence-electron chi connectivity index (χ2n) is 9.57. The molecule has 2 N–H and O–H groups in total. The van der Waals surface area contributed by atoms with Crippen molar-refractivity contribution in [2.24, 2.45) is 5.92 Å². The summed E-state index contributed by atoms with van der Waals surface area (Å²) in [6, 6.07) is 8.44. The molecule has 1 aromatic carbocycles. The van der Waals surface area contributed by atoms with Crippen LogP contribution >= 0.6 is 11.6 Å². The first-order valence-electron chi connectivity index (χ1n) is 12.5. The number of hydrogen-bond acceptors (Lipinski definition) is 5. The van der Waals surface area contributed by atoms with E-state index in [2.05, 4.69) is 27.9 Å². The molecule has 2 fully saturated rings. The molecule has 7 nitrogen and oxygen atoms in total. The van der Waals surface area contributed by atoms with Crippen molar-refractivity contribution >= 4 is 34.4 Å². The van der Waals surface area contributed by atoms with Crippen LogP contribution in [0.1, 0.15) is 38.5 Å². The van der Waals surface area contributed by atoms with E-state index in [1.807, 2.05) is 29.3 Å². The second kappa shape index (κ2) is 10.8. The Hall–Kier alpha value is -2.90. The molecule has 0 bridgehead atoms. The Morgan fingerprint density at radius 2 is 2.09 bits per heavy atom. The third-order valence-electron chi connectivity index (χ3n) is 7.20. The number of amides is 1. The molecule has 1 saturated heterocycles. The number of likely N-dealkylation sites (tertiary alicyclic amines) is 1. The number of hydrogen-bond donors (Lipinski definition) is 2. The van der Waals surface area contributed by atoms with Crippen LogP contribution in [0.25, 0.3) is 22.2 Å². The smallest absolute Gasteiger partial charge is 0.245 e. The Bertz CT molecular complexity index is 1190. The monoisotopic (exact) mass is 493 g/mol. The van der Waals surface area contributed by atoms with Gasteiger partial charge in [0, 0.05) is 48.4 Å². The SMILES string of the molecule is C=CC(=O)N1CCC(OC[C@H]2CCC[C@@H](Nc3ncc(Cl)c(-c4c[nH]c5ccccc45)n3)C2)CC1. The van der Waals surface area contributed by atoms with Gasteiger partial charge in [-0.15, -0.1) is 0 Å². The van der Waals surface area contributed by atoms with E-state index < -0.39 is 0 Å². The van der Waals surface area contributed by atoms with Gasteiger partial charge in [0.2, 0.25) is 11.9 Å². The van der Waals surface area contributed by atoms with E-state index in [4.69, 9.17) is 21.3 Å². The predicted molar refractivity (Wildman–Crippen MR) is 139 cm³/mol. The van der Waals surface area contributed by atoms with Crippen LogP contribution in [0, 0.1) is 5.92 Å². The Morgan fingerprint density at radius 3 is 2.91 bits per heavy atom. The van der Waals surface area contributed by atoms with Crippen molar-refractivity contribution in [3.8, 4) is 11.3 Å². The number of para-hydroxylation sites is 1. The first-order chi connectivity index (χ1) is 17.1. The summed E-state index contributed by atoms with van der Waals surface area (Å²) in [7, 11) is 0. The molecule has 2 atom stereocenters. The fourth-order valence-electron chi connectivity index (χ4n) is 5.29. The van der Waals surface area contributed by atoms with Crippen molar-refractivity contribution in [3.05, 3.63) is 54.3 Å². The van der Waals surface area contributed by atoms with E-state index in [1.54, 1.807) is 6.20 Å². The van der Waals surface area contributed by atoms with Crippen LogP contribution in [0.3, 0.4) is 0 Å². The average molecular weight is 494 g/mol. The number of fused-ring (bicyclic) bond motifs is 1. The van der Waals surface area contributed by atoms with E-state index in [0.29, 0.717) is 22.9 Å². The van der Waals surface area contributed by atoms with Crippen LogP contribution in [-0.4, -0.2) is 57.6 Å². The van der Waals surface area contributed by atoms with E-state index in [9.17, 15) is 4.79 Å². The maximum Gasteiger partial charge on any atom is 0.245 e. The normalized spacial score (nSPS) is 21.2. The number of piperidine rings is 1. The number of aromatic amines is 1. The van der Waals surface area contributed by atoms with Crippen molar-refractivity contribution in [1.82, 2.24) is 19.9 Å². The number of nitrogens with one attached hydrogen (secondary N) is 2. The molecule has 3 heterocycles. The van der Waals surface area contributed by atoms with Crippen LogP contribution in [0.2, 0.25) is 5.02 Å². The average Bonchev–Trinajstić information content (AvgIpc) is 3.33. The standard InChI is InChI=1S/C27H32ClN5O2/c1-2-25(34)33-12-10-20(11-13-33)35-17-18-6-5-7-19(14-18)31-27-30-16-23(28)26(32-27)22-15-29-24-9-4-3-8-21(22)24/h2-4,8-9,15-16,18-20,29H,1,5-7,10-14,17H2,(H,30,31,32)/t18-,19+/m0/s1. The highest BCUT2D eigenvalue weighted by Gasteiger charge is 2.26. The molecule has 1 saturated carbocycles. The Labute approximate surface area is 210 Å². The summed E-state index contributed by atoms with van der Waals surface area (Å²) in [6.45, 7) is 5.84. The number of anilines is 1.